The molecule has 94 valence electrons. The molecule has 0 amide bonds. The van der Waals surface area contributed by atoms with Gasteiger partial charge in [0.25, 0.3) is 0 Å². The molecule has 0 radical (unpaired) electrons. The van der Waals surface area contributed by atoms with Crippen molar-refractivity contribution in [3.05, 3.63) is 0 Å². The number of anilines is 2. The Hall–Kier alpha value is -1.24. The van der Waals surface area contributed by atoms with Crippen molar-refractivity contribution in [2.75, 3.05) is 35.7 Å². The highest BCUT2D eigenvalue weighted by Crippen LogP contribution is 2.23. The topological polar surface area (TPSA) is 86.0 Å². The number of thioether (sulfide) groups is 1. The Labute approximate surface area is 105 Å². The first-order valence-electron chi connectivity index (χ1n) is 5.74. The van der Waals surface area contributed by atoms with Crippen LogP contribution in [0.3, 0.4) is 0 Å². The van der Waals surface area contributed by atoms with Crippen molar-refractivity contribution in [1.29, 1.82) is 0 Å². The Morgan fingerprint density at radius 3 is 3.06 bits per heavy atom. The van der Waals surface area contributed by atoms with E-state index < -0.39 is 0 Å². The lowest BCUT2D eigenvalue weighted by Gasteiger charge is -2.10. The summed E-state index contributed by atoms with van der Waals surface area (Å²) in [6, 6.07) is 0.281. The molecule has 0 aromatic carbocycles. The van der Waals surface area contributed by atoms with Crippen molar-refractivity contribution in [1.82, 2.24) is 15.0 Å². The standard InChI is InChI=1S/C10H17N5OS/c1-2-16-10-14-8(11)13-9(15-10)12-5-7-3-4-17-6-7/h7H,2-6H2,1H3,(H3,11,12,13,14,15). The maximum absolute atomic E-state index is 5.59. The minimum atomic E-state index is 0.187. The molecule has 7 heteroatoms. The first-order valence-corrected chi connectivity index (χ1v) is 6.89. The fraction of sp³-hybridized carbons (Fsp3) is 0.700. The molecular weight excluding hydrogens is 238 g/mol. The number of nitrogen functional groups attached to an aromatic ring is 1. The van der Waals surface area contributed by atoms with E-state index in [1.165, 1.54) is 17.9 Å². The third-order valence-corrected chi connectivity index (χ3v) is 3.71. The zero-order chi connectivity index (χ0) is 12.1. The zero-order valence-electron chi connectivity index (χ0n) is 9.85. The van der Waals surface area contributed by atoms with Crippen molar-refractivity contribution >= 4 is 23.7 Å². The van der Waals surface area contributed by atoms with Gasteiger partial charge in [-0.2, -0.15) is 26.7 Å². The summed E-state index contributed by atoms with van der Waals surface area (Å²) < 4.78 is 5.21. The van der Waals surface area contributed by atoms with Gasteiger partial charge in [-0.05, 0) is 30.8 Å². The van der Waals surface area contributed by atoms with E-state index in [0.717, 1.165) is 6.54 Å². The van der Waals surface area contributed by atoms with Gasteiger partial charge in [0.15, 0.2) is 0 Å². The second-order valence-electron chi connectivity index (χ2n) is 3.84. The Morgan fingerprint density at radius 1 is 1.47 bits per heavy atom. The number of nitrogens with one attached hydrogen (secondary N) is 1. The summed E-state index contributed by atoms with van der Waals surface area (Å²) in [5.74, 6) is 3.82. The fourth-order valence-corrected chi connectivity index (χ4v) is 2.91. The zero-order valence-corrected chi connectivity index (χ0v) is 10.7. The minimum Gasteiger partial charge on any atom is -0.464 e. The molecule has 1 aliphatic rings. The van der Waals surface area contributed by atoms with Gasteiger partial charge in [0.05, 0.1) is 6.61 Å². The van der Waals surface area contributed by atoms with E-state index in [1.807, 2.05) is 18.7 Å². The lowest BCUT2D eigenvalue weighted by atomic mass is 10.1. The Morgan fingerprint density at radius 2 is 2.35 bits per heavy atom. The van der Waals surface area contributed by atoms with Crippen molar-refractivity contribution in [2.45, 2.75) is 13.3 Å². The molecule has 0 spiro atoms. The maximum atomic E-state index is 5.59. The lowest BCUT2D eigenvalue weighted by molar-refractivity contribution is 0.312. The van der Waals surface area contributed by atoms with E-state index in [9.17, 15) is 0 Å². The Balaban J connectivity index is 1.94. The highest BCUT2D eigenvalue weighted by molar-refractivity contribution is 7.99. The average Bonchev–Trinajstić information content (AvgIpc) is 2.79. The molecule has 1 unspecified atom stereocenters. The molecule has 0 aliphatic carbocycles. The molecule has 0 saturated carbocycles. The summed E-state index contributed by atoms with van der Waals surface area (Å²) in [4.78, 5) is 12.1. The summed E-state index contributed by atoms with van der Waals surface area (Å²) in [6.07, 6.45) is 1.25. The van der Waals surface area contributed by atoms with Gasteiger partial charge in [0.1, 0.15) is 0 Å². The van der Waals surface area contributed by atoms with Crippen molar-refractivity contribution in [2.24, 2.45) is 5.92 Å². The van der Waals surface area contributed by atoms with Crippen molar-refractivity contribution in [3.8, 4) is 6.01 Å². The second kappa shape index (κ2) is 5.90. The summed E-state index contributed by atoms with van der Waals surface area (Å²) in [5.41, 5.74) is 5.59. The minimum absolute atomic E-state index is 0.187. The monoisotopic (exact) mass is 255 g/mol. The van der Waals surface area contributed by atoms with Crippen LogP contribution in [0, 0.1) is 5.92 Å². The molecule has 2 heterocycles. The molecule has 17 heavy (non-hydrogen) atoms. The van der Waals surface area contributed by atoms with Crippen LogP contribution < -0.4 is 15.8 Å². The van der Waals surface area contributed by atoms with E-state index in [4.69, 9.17) is 10.5 Å². The van der Waals surface area contributed by atoms with Crippen LogP contribution in [-0.2, 0) is 0 Å². The van der Waals surface area contributed by atoms with Crippen LogP contribution in [0.4, 0.5) is 11.9 Å². The third kappa shape index (κ3) is 3.62. The average molecular weight is 255 g/mol. The molecule has 6 nitrogen and oxygen atoms in total. The number of ether oxygens (including phenoxy) is 1. The van der Waals surface area contributed by atoms with Crippen LogP contribution in [0.5, 0.6) is 6.01 Å². The van der Waals surface area contributed by atoms with Crippen LogP contribution in [0.25, 0.3) is 0 Å². The normalized spacial score (nSPS) is 19.2. The van der Waals surface area contributed by atoms with Gasteiger partial charge in [-0.15, -0.1) is 0 Å². The van der Waals surface area contributed by atoms with Crippen LogP contribution in [0.15, 0.2) is 0 Å². The number of hydrogen-bond donors (Lipinski definition) is 2. The molecule has 1 saturated heterocycles. The molecule has 1 aromatic rings. The van der Waals surface area contributed by atoms with Gasteiger partial charge in [0.2, 0.25) is 11.9 Å². The van der Waals surface area contributed by atoms with Gasteiger partial charge in [-0.1, -0.05) is 0 Å². The molecule has 1 atom stereocenters. The third-order valence-electron chi connectivity index (χ3n) is 2.48. The molecule has 2 rings (SSSR count). The Kier molecular flexibility index (Phi) is 4.24. The molecule has 1 fully saturated rings. The first kappa shape index (κ1) is 12.2. The van der Waals surface area contributed by atoms with Crippen LogP contribution in [0.2, 0.25) is 0 Å². The van der Waals surface area contributed by atoms with E-state index in [1.54, 1.807) is 0 Å². The Bertz CT molecular complexity index is 370. The molecular formula is C10H17N5OS. The number of aromatic nitrogens is 3. The van der Waals surface area contributed by atoms with E-state index in [2.05, 4.69) is 20.3 Å². The summed E-state index contributed by atoms with van der Waals surface area (Å²) >= 11 is 1.99. The van der Waals surface area contributed by atoms with Gasteiger partial charge in [-0.25, -0.2) is 0 Å². The number of rotatable bonds is 5. The van der Waals surface area contributed by atoms with Crippen LogP contribution >= 0.6 is 11.8 Å². The quantitative estimate of drug-likeness (QED) is 0.812. The van der Waals surface area contributed by atoms with Crippen molar-refractivity contribution in [3.63, 3.8) is 0 Å². The maximum Gasteiger partial charge on any atom is 0.323 e. The molecule has 0 bridgehead atoms. The summed E-state index contributed by atoms with van der Waals surface area (Å²) in [6.45, 7) is 3.27. The summed E-state index contributed by atoms with van der Waals surface area (Å²) in [7, 11) is 0. The van der Waals surface area contributed by atoms with Crippen LogP contribution in [-0.4, -0.2) is 39.6 Å². The number of nitrogens with zero attached hydrogens (tertiary/aromatic N) is 3. The largest absolute Gasteiger partial charge is 0.464 e. The molecule has 1 aliphatic heterocycles. The first-order chi connectivity index (χ1) is 8.28. The predicted octanol–water partition coefficient (Wildman–Crippen LogP) is 1.02. The number of hydrogen-bond acceptors (Lipinski definition) is 7. The van der Waals surface area contributed by atoms with Crippen molar-refractivity contribution < 1.29 is 4.74 Å². The highest BCUT2D eigenvalue weighted by atomic mass is 32.2. The van der Waals surface area contributed by atoms with Crippen LogP contribution in [0.1, 0.15) is 13.3 Å². The van der Waals surface area contributed by atoms with Gasteiger partial charge >= 0.3 is 6.01 Å². The molecule has 1 aromatic heterocycles. The fourth-order valence-electron chi connectivity index (χ4n) is 1.62. The van der Waals surface area contributed by atoms with Gasteiger partial charge < -0.3 is 15.8 Å². The van der Waals surface area contributed by atoms with Gasteiger partial charge in [-0.3, -0.25) is 0 Å². The number of nitrogens with two attached hydrogens (primary N) is 1. The lowest BCUT2D eigenvalue weighted by Crippen LogP contribution is -2.16. The van der Waals surface area contributed by atoms with E-state index in [0.29, 0.717) is 18.5 Å². The van der Waals surface area contributed by atoms with E-state index >= 15 is 0 Å². The predicted molar refractivity (Wildman–Crippen MR) is 69.3 cm³/mol. The highest BCUT2D eigenvalue weighted by Gasteiger charge is 2.15. The SMILES string of the molecule is CCOc1nc(N)nc(NCC2CCSC2)n1. The second-order valence-corrected chi connectivity index (χ2v) is 4.99. The summed E-state index contributed by atoms with van der Waals surface area (Å²) in [5, 5.41) is 3.19. The molecule has 3 N–H and O–H groups in total. The van der Waals surface area contributed by atoms with E-state index in [-0.39, 0.29) is 12.0 Å². The smallest absolute Gasteiger partial charge is 0.323 e. The van der Waals surface area contributed by atoms with Gasteiger partial charge in [0, 0.05) is 6.54 Å².